The van der Waals surface area contributed by atoms with Crippen molar-refractivity contribution in [1.82, 2.24) is 0 Å². The smallest absolute Gasteiger partial charge is 0.339 e. The number of Topliss-reactive ketones (excluding diaryl/α,β-unsaturated/α-hetero) is 1. The third kappa shape index (κ3) is 4.18. The van der Waals surface area contributed by atoms with E-state index in [1.165, 1.54) is 5.56 Å². The highest BCUT2D eigenvalue weighted by molar-refractivity contribution is 6.09. The Balaban J connectivity index is 1.57. The molecule has 3 atom stereocenters. The van der Waals surface area contributed by atoms with Crippen LogP contribution in [0.5, 0.6) is 0 Å². The molecule has 1 aliphatic heterocycles. The first kappa shape index (κ1) is 20.4. The molecule has 0 saturated heterocycles. The van der Waals surface area contributed by atoms with Gasteiger partial charge >= 0.3 is 5.97 Å². The summed E-state index contributed by atoms with van der Waals surface area (Å²) in [5.74, 6) is -1.53. The summed E-state index contributed by atoms with van der Waals surface area (Å²) in [7, 11) is 0. The number of rotatable bonds is 8. The summed E-state index contributed by atoms with van der Waals surface area (Å²) in [5, 5.41) is 10.8. The van der Waals surface area contributed by atoms with Gasteiger partial charge in [-0.3, -0.25) is 4.79 Å². The van der Waals surface area contributed by atoms with Crippen LogP contribution in [0.1, 0.15) is 49.7 Å². The van der Waals surface area contributed by atoms with Gasteiger partial charge in [-0.2, -0.15) is 0 Å². The first-order chi connectivity index (χ1) is 14.6. The molecule has 1 heterocycles. The number of aliphatic hydroxyl groups is 1. The molecule has 1 fully saturated rings. The number of ether oxygens (including phenoxy) is 1. The van der Waals surface area contributed by atoms with Crippen molar-refractivity contribution in [2.45, 2.75) is 51.0 Å². The van der Waals surface area contributed by atoms with Gasteiger partial charge in [0.25, 0.3) is 0 Å². The third-order valence-corrected chi connectivity index (χ3v) is 6.36. The second-order valence-corrected chi connectivity index (χ2v) is 8.37. The largest absolute Gasteiger partial charge is 0.504 e. The average molecular weight is 405 g/mol. The molecule has 0 aromatic heterocycles. The number of hydrogen-bond donors (Lipinski definition) is 1. The van der Waals surface area contributed by atoms with Crippen molar-refractivity contribution in [3.05, 3.63) is 83.1 Å². The lowest BCUT2D eigenvalue weighted by Crippen LogP contribution is -2.42. The Labute approximate surface area is 177 Å². The summed E-state index contributed by atoms with van der Waals surface area (Å²) >= 11 is 0. The third-order valence-electron chi connectivity index (χ3n) is 6.36. The lowest BCUT2D eigenvalue weighted by molar-refractivity contribution is -0.158. The second kappa shape index (κ2) is 8.86. The molecule has 4 nitrogen and oxygen atoms in total. The summed E-state index contributed by atoms with van der Waals surface area (Å²) in [6, 6.07) is 19.7. The van der Waals surface area contributed by atoms with Gasteiger partial charge < -0.3 is 9.84 Å². The topological polar surface area (TPSA) is 63.6 Å². The van der Waals surface area contributed by atoms with Crippen LogP contribution in [0.4, 0.5) is 0 Å². The number of hydrogen-bond acceptors (Lipinski definition) is 4. The van der Waals surface area contributed by atoms with Crippen LogP contribution in [0.15, 0.2) is 72.0 Å². The van der Waals surface area contributed by atoms with Crippen molar-refractivity contribution in [1.29, 1.82) is 0 Å². The first-order valence-electron chi connectivity index (χ1n) is 10.9. The van der Waals surface area contributed by atoms with E-state index < -0.39 is 23.6 Å². The molecule has 2 aliphatic rings. The fraction of sp³-hybridized carbons (Fsp3) is 0.385. The number of carbonyl (C=O) groups excluding carboxylic acids is 2. The molecule has 1 aliphatic carbocycles. The van der Waals surface area contributed by atoms with Gasteiger partial charge in [0.05, 0.1) is 5.57 Å². The van der Waals surface area contributed by atoms with Gasteiger partial charge in [0.15, 0.2) is 11.9 Å². The van der Waals surface area contributed by atoms with E-state index in [2.05, 4.69) is 12.1 Å². The normalized spacial score (nSPS) is 21.3. The van der Waals surface area contributed by atoms with Crippen LogP contribution in [-0.2, 0) is 20.7 Å². The fourth-order valence-corrected chi connectivity index (χ4v) is 4.51. The van der Waals surface area contributed by atoms with Gasteiger partial charge in [-0.25, -0.2) is 4.79 Å². The maximum Gasteiger partial charge on any atom is 0.339 e. The Hall–Kier alpha value is -2.88. The molecule has 0 bridgehead atoms. The molecule has 4 rings (SSSR count). The molecule has 0 spiro atoms. The average Bonchev–Trinajstić information content (AvgIpc) is 3.61. The van der Waals surface area contributed by atoms with Gasteiger partial charge in [0, 0.05) is 11.8 Å². The molecule has 0 radical (unpaired) electrons. The van der Waals surface area contributed by atoms with Gasteiger partial charge in [-0.15, -0.1) is 0 Å². The van der Waals surface area contributed by atoms with Crippen molar-refractivity contribution in [2.24, 2.45) is 11.8 Å². The summed E-state index contributed by atoms with van der Waals surface area (Å²) in [4.78, 5) is 26.1. The Bertz CT molecular complexity index is 928. The molecule has 0 amide bonds. The molecule has 2 aromatic rings. The van der Waals surface area contributed by atoms with Crippen LogP contribution < -0.4 is 0 Å². The number of esters is 1. The van der Waals surface area contributed by atoms with Crippen LogP contribution in [0, 0.1) is 11.8 Å². The Morgan fingerprint density at radius 1 is 1.00 bits per heavy atom. The van der Waals surface area contributed by atoms with Crippen molar-refractivity contribution in [2.75, 3.05) is 0 Å². The molecule has 3 unspecified atom stereocenters. The quantitative estimate of drug-likeness (QED) is 0.618. The molecule has 2 aromatic carbocycles. The van der Waals surface area contributed by atoms with E-state index in [4.69, 9.17) is 4.74 Å². The van der Waals surface area contributed by atoms with Crippen molar-refractivity contribution in [3.63, 3.8) is 0 Å². The molecule has 4 heteroatoms. The van der Waals surface area contributed by atoms with Crippen molar-refractivity contribution < 1.29 is 19.4 Å². The number of aliphatic hydroxyl groups excluding tert-OH is 1. The molecule has 30 heavy (non-hydrogen) atoms. The Kier molecular flexibility index (Phi) is 6.03. The molecule has 1 saturated carbocycles. The Morgan fingerprint density at radius 2 is 1.63 bits per heavy atom. The van der Waals surface area contributed by atoms with Crippen molar-refractivity contribution >= 4 is 11.8 Å². The maximum absolute atomic E-state index is 13.1. The molecular formula is C26H28O4. The second-order valence-electron chi connectivity index (χ2n) is 8.37. The zero-order chi connectivity index (χ0) is 21.1. The van der Waals surface area contributed by atoms with Gasteiger partial charge in [-0.1, -0.05) is 67.6 Å². The highest BCUT2D eigenvalue weighted by atomic mass is 16.6. The van der Waals surface area contributed by atoms with E-state index in [-0.39, 0.29) is 23.3 Å². The van der Waals surface area contributed by atoms with Crippen LogP contribution in [0.25, 0.3) is 0 Å². The molecular weight excluding hydrogens is 376 g/mol. The van der Waals surface area contributed by atoms with E-state index in [0.29, 0.717) is 6.42 Å². The minimum Gasteiger partial charge on any atom is -0.504 e. The molecule has 156 valence electrons. The van der Waals surface area contributed by atoms with Crippen LogP contribution in [0.2, 0.25) is 0 Å². The van der Waals surface area contributed by atoms with E-state index in [9.17, 15) is 14.7 Å². The van der Waals surface area contributed by atoms with Crippen LogP contribution in [0.3, 0.4) is 0 Å². The number of cyclic esters (lactones) is 1. The van der Waals surface area contributed by atoms with Crippen LogP contribution in [-0.4, -0.2) is 23.0 Å². The number of benzene rings is 2. The van der Waals surface area contributed by atoms with E-state index in [0.717, 1.165) is 31.2 Å². The minimum atomic E-state index is -0.911. The lowest BCUT2D eigenvalue weighted by Gasteiger charge is -2.31. The highest BCUT2D eigenvalue weighted by Gasteiger charge is 2.46. The minimum absolute atomic E-state index is 0.124. The van der Waals surface area contributed by atoms with Crippen molar-refractivity contribution in [3.8, 4) is 0 Å². The summed E-state index contributed by atoms with van der Waals surface area (Å²) in [6.07, 6.45) is 3.27. The van der Waals surface area contributed by atoms with E-state index >= 15 is 0 Å². The standard InChI is InChI=1S/C26H28O4/c1-2-18(14-13-17-9-5-3-6-10-17)25-24(28)23(27)22(26(29)30-25)21(20-15-16-20)19-11-7-4-8-12-19/h3-12,18,20-21,25,27H,2,13-16H2,1H3. The SMILES string of the molecule is CCC(CCc1ccccc1)C1OC(=O)C(C(c2ccccc2)C2CC2)=C(O)C1=O. The zero-order valence-electron chi connectivity index (χ0n) is 17.3. The summed E-state index contributed by atoms with van der Waals surface area (Å²) in [5.41, 5.74) is 2.27. The maximum atomic E-state index is 13.1. The van der Waals surface area contributed by atoms with E-state index in [1.54, 1.807) is 0 Å². The van der Waals surface area contributed by atoms with Gasteiger partial charge in [-0.05, 0) is 49.1 Å². The van der Waals surface area contributed by atoms with Gasteiger partial charge in [0.2, 0.25) is 5.78 Å². The summed E-state index contributed by atoms with van der Waals surface area (Å²) < 4.78 is 5.70. The summed E-state index contributed by atoms with van der Waals surface area (Å²) in [6.45, 7) is 1.99. The predicted octanol–water partition coefficient (Wildman–Crippen LogP) is 5.15. The predicted molar refractivity (Wildman–Crippen MR) is 115 cm³/mol. The van der Waals surface area contributed by atoms with Crippen LogP contribution >= 0.6 is 0 Å². The number of carbonyl (C=O) groups is 2. The zero-order valence-corrected chi connectivity index (χ0v) is 17.3. The first-order valence-corrected chi connectivity index (χ1v) is 10.9. The molecule has 1 N–H and O–H groups in total. The number of aryl methyl sites for hydroxylation is 1. The van der Waals surface area contributed by atoms with Gasteiger partial charge in [0.1, 0.15) is 0 Å². The number of ketones is 1. The van der Waals surface area contributed by atoms with E-state index in [1.807, 2.05) is 55.5 Å². The Morgan fingerprint density at radius 3 is 2.23 bits per heavy atom. The lowest BCUT2D eigenvalue weighted by atomic mass is 9.81. The highest BCUT2D eigenvalue weighted by Crippen LogP contribution is 2.48. The monoisotopic (exact) mass is 404 g/mol. The fourth-order valence-electron chi connectivity index (χ4n) is 4.51.